The standard InChI is InChI=1S/C26H31N3O3S/c1-19(27-26(30)22-7-4-5-8-23(22)32-3)25(24-9-6-18-33-24)29-16-14-28(15-17-29)20-10-12-21(31-2)13-11-20/h4-13,18-19,25H,14-17H2,1-3H3,(H,27,30)/t19-,25-/m0/s1. The van der Waals surface area contributed by atoms with Crippen LogP contribution in [0, 0.1) is 0 Å². The number of thiophene rings is 1. The van der Waals surface area contributed by atoms with Crippen molar-refractivity contribution in [2.45, 2.75) is 19.0 Å². The first-order valence-electron chi connectivity index (χ1n) is 11.2. The van der Waals surface area contributed by atoms with E-state index in [0.29, 0.717) is 11.3 Å². The summed E-state index contributed by atoms with van der Waals surface area (Å²) in [6.45, 7) is 5.79. The van der Waals surface area contributed by atoms with Gasteiger partial charge < -0.3 is 19.7 Å². The number of anilines is 1. The molecule has 2 heterocycles. The van der Waals surface area contributed by atoms with Gasteiger partial charge >= 0.3 is 0 Å². The molecule has 2 atom stereocenters. The summed E-state index contributed by atoms with van der Waals surface area (Å²) in [6.07, 6.45) is 0. The molecule has 0 aliphatic carbocycles. The van der Waals surface area contributed by atoms with Gasteiger partial charge in [-0.25, -0.2) is 0 Å². The van der Waals surface area contributed by atoms with Crippen molar-refractivity contribution in [3.05, 3.63) is 76.5 Å². The van der Waals surface area contributed by atoms with Crippen LogP contribution in [0.2, 0.25) is 0 Å². The van der Waals surface area contributed by atoms with E-state index in [1.807, 2.05) is 30.3 Å². The van der Waals surface area contributed by atoms with Crippen molar-refractivity contribution >= 4 is 22.9 Å². The maximum atomic E-state index is 13.1. The number of piperazine rings is 1. The Balaban J connectivity index is 1.46. The Morgan fingerprint density at radius 3 is 2.30 bits per heavy atom. The number of hydrogen-bond acceptors (Lipinski definition) is 6. The Labute approximate surface area is 199 Å². The van der Waals surface area contributed by atoms with Crippen molar-refractivity contribution in [2.24, 2.45) is 0 Å². The number of carbonyl (C=O) groups excluding carboxylic acids is 1. The topological polar surface area (TPSA) is 54.0 Å². The van der Waals surface area contributed by atoms with E-state index in [-0.39, 0.29) is 18.0 Å². The van der Waals surface area contributed by atoms with Gasteiger partial charge in [0.1, 0.15) is 11.5 Å². The molecule has 7 heteroatoms. The third-order valence-electron chi connectivity index (χ3n) is 6.16. The number of nitrogens with one attached hydrogen (secondary N) is 1. The van der Waals surface area contributed by atoms with E-state index in [9.17, 15) is 4.79 Å². The number of methoxy groups -OCH3 is 2. The van der Waals surface area contributed by atoms with Gasteiger partial charge in [-0.15, -0.1) is 11.3 Å². The first-order valence-corrected chi connectivity index (χ1v) is 12.1. The molecule has 174 valence electrons. The first kappa shape index (κ1) is 23.1. The summed E-state index contributed by atoms with van der Waals surface area (Å²) in [5.41, 5.74) is 1.77. The van der Waals surface area contributed by atoms with Crippen LogP contribution >= 0.6 is 11.3 Å². The maximum absolute atomic E-state index is 13.1. The molecule has 0 bridgehead atoms. The molecule has 0 radical (unpaired) electrons. The molecule has 3 aromatic rings. The van der Waals surface area contributed by atoms with Crippen LogP contribution in [0.25, 0.3) is 0 Å². The fourth-order valence-electron chi connectivity index (χ4n) is 4.45. The maximum Gasteiger partial charge on any atom is 0.255 e. The second-order valence-electron chi connectivity index (χ2n) is 8.14. The summed E-state index contributed by atoms with van der Waals surface area (Å²) in [5.74, 6) is 1.34. The van der Waals surface area contributed by atoms with Gasteiger partial charge in [0, 0.05) is 42.8 Å². The fraction of sp³-hybridized carbons (Fsp3) is 0.346. The minimum absolute atomic E-state index is 0.0615. The second-order valence-corrected chi connectivity index (χ2v) is 9.12. The van der Waals surface area contributed by atoms with Crippen LogP contribution in [-0.4, -0.2) is 57.2 Å². The lowest BCUT2D eigenvalue weighted by Crippen LogP contribution is -2.52. The summed E-state index contributed by atoms with van der Waals surface area (Å²) < 4.78 is 10.7. The molecule has 0 saturated carbocycles. The molecular formula is C26H31N3O3S. The van der Waals surface area contributed by atoms with Gasteiger partial charge in [-0.3, -0.25) is 9.69 Å². The summed E-state index contributed by atoms with van der Waals surface area (Å²) in [7, 11) is 3.28. The number of ether oxygens (including phenoxy) is 2. The van der Waals surface area contributed by atoms with E-state index < -0.39 is 0 Å². The molecule has 1 aliphatic rings. The van der Waals surface area contributed by atoms with Crippen LogP contribution in [-0.2, 0) is 0 Å². The number of para-hydroxylation sites is 1. The average Bonchev–Trinajstić information content (AvgIpc) is 3.39. The van der Waals surface area contributed by atoms with E-state index >= 15 is 0 Å². The number of benzene rings is 2. The lowest BCUT2D eigenvalue weighted by Gasteiger charge is -2.42. The quantitative estimate of drug-likeness (QED) is 0.533. The molecule has 2 aromatic carbocycles. The Kier molecular flexibility index (Phi) is 7.52. The highest BCUT2D eigenvalue weighted by molar-refractivity contribution is 7.10. The van der Waals surface area contributed by atoms with Gasteiger partial charge in [0.25, 0.3) is 5.91 Å². The average molecular weight is 466 g/mol. The van der Waals surface area contributed by atoms with Crippen LogP contribution in [0.15, 0.2) is 66.0 Å². The summed E-state index contributed by atoms with van der Waals surface area (Å²) in [6, 6.07) is 19.9. The van der Waals surface area contributed by atoms with Gasteiger partial charge in [0.05, 0.1) is 25.8 Å². The first-order chi connectivity index (χ1) is 16.1. The molecule has 1 aliphatic heterocycles. The molecule has 4 rings (SSSR count). The summed E-state index contributed by atoms with van der Waals surface area (Å²) >= 11 is 1.74. The Morgan fingerprint density at radius 1 is 0.939 bits per heavy atom. The van der Waals surface area contributed by atoms with E-state index in [1.165, 1.54) is 10.6 Å². The predicted octanol–water partition coefficient (Wildman–Crippen LogP) is 4.45. The highest BCUT2D eigenvalue weighted by Gasteiger charge is 2.31. The molecule has 0 unspecified atom stereocenters. The van der Waals surface area contributed by atoms with Gasteiger partial charge in [-0.05, 0) is 54.8 Å². The van der Waals surface area contributed by atoms with Crippen molar-refractivity contribution in [3.8, 4) is 11.5 Å². The third kappa shape index (κ3) is 5.31. The monoisotopic (exact) mass is 465 g/mol. The number of amides is 1. The Morgan fingerprint density at radius 2 is 1.67 bits per heavy atom. The Hall–Kier alpha value is -3.03. The van der Waals surface area contributed by atoms with E-state index in [4.69, 9.17) is 9.47 Å². The Bertz CT molecular complexity index is 1030. The minimum Gasteiger partial charge on any atom is -0.497 e. The number of nitrogens with zero attached hydrogens (tertiary/aromatic N) is 2. The molecule has 33 heavy (non-hydrogen) atoms. The lowest BCUT2D eigenvalue weighted by atomic mass is 10.0. The predicted molar refractivity (Wildman–Crippen MR) is 134 cm³/mol. The van der Waals surface area contributed by atoms with Gasteiger partial charge in [-0.2, -0.15) is 0 Å². The largest absolute Gasteiger partial charge is 0.497 e. The van der Waals surface area contributed by atoms with Gasteiger partial charge in [-0.1, -0.05) is 18.2 Å². The molecule has 1 aromatic heterocycles. The molecule has 1 amide bonds. The van der Waals surface area contributed by atoms with Crippen molar-refractivity contribution in [1.29, 1.82) is 0 Å². The highest BCUT2D eigenvalue weighted by Crippen LogP contribution is 2.31. The minimum atomic E-state index is -0.113. The van der Waals surface area contributed by atoms with E-state index in [2.05, 4.69) is 51.7 Å². The number of carbonyl (C=O) groups is 1. The van der Waals surface area contributed by atoms with Crippen LogP contribution in [0.3, 0.4) is 0 Å². The SMILES string of the molecule is COc1ccc(N2CCN([C@H](c3cccs3)[C@H](C)NC(=O)c3ccccc3OC)CC2)cc1. The zero-order valence-corrected chi connectivity index (χ0v) is 20.2. The zero-order chi connectivity index (χ0) is 23.2. The van der Waals surface area contributed by atoms with Crippen molar-refractivity contribution < 1.29 is 14.3 Å². The van der Waals surface area contributed by atoms with Crippen LogP contribution in [0.5, 0.6) is 11.5 Å². The van der Waals surface area contributed by atoms with Crippen molar-refractivity contribution in [1.82, 2.24) is 10.2 Å². The van der Waals surface area contributed by atoms with Crippen molar-refractivity contribution in [3.63, 3.8) is 0 Å². The number of rotatable bonds is 8. The lowest BCUT2D eigenvalue weighted by molar-refractivity contribution is 0.0887. The zero-order valence-electron chi connectivity index (χ0n) is 19.4. The molecule has 0 spiro atoms. The highest BCUT2D eigenvalue weighted by atomic mass is 32.1. The summed E-state index contributed by atoms with van der Waals surface area (Å²) in [4.78, 5) is 19.2. The second kappa shape index (κ2) is 10.7. The molecule has 1 saturated heterocycles. The van der Waals surface area contributed by atoms with E-state index in [0.717, 1.165) is 31.9 Å². The van der Waals surface area contributed by atoms with Crippen LogP contribution in [0.4, 0.5) is 5.69 Å². The fourth-order valence-corrected chi connectivity index (χ4v) is 5.41. The van der Waals surface area contributed by atoms with E-state index in [1.54, 1.807) is 31.6 Å². The summed E-state index contributed by atoms with van der Waals surface area (Å²) in [5, 5.41) is 5.33. The van der Waals surface area contributed by atoms with Crippen LogP contribution in [0.1, 0.15) is 28.2 Å². The molecule has 1 N–H and O–H groups in total. The molecule has 6 nitrogen and oxygen atoms in total. The molecular weight excluding hydrogens is 434 g/mol. The smallest absolute Gasteiger partial charge is 0.255 e. The number of hydrogen-bond donors (Lipinski definition) is 1. The van der Waals surface area contributed by atoms with Gasteiger partial charge in [0.15, 0.2) is 0 Å². The third-order valence-corrected chi connectivity index (χ3v) is 7.11. The normalized spacial score (nSPS) is 16.2. The van der Waals surface area contributed by atoms with Gasteiger partial charge in [0.2, 0.25) is 0 Å². The van der Waals surface area contributed by atoms with Crippen LogP contribution < -0.4 is 19.7 Å². The van der Waals surface area contributed by atoms with Crippen molar-refractivity contribution in [2.75, 3.05) is 45.3 Å². The molecule has 1 fully saturated rings.